The van der Waals surface area contributed by atoms with Gasteiger partial charge in [0.25, 0.3) is 0 Å². The third-order valence-electron chi connectivity index (χ3n) is 5.62. The molecule has 4 heteroatoms. The van der Waals surface area contributed by atoms with Crippen LogP contribution in [0.15, 0.2) is 60.7 Å². The topological polar surface area (TPSA) is 49.0 Å². The third kappa shape index (κ3) is 4.33. The second-order valence-electron chi connectivity index (χ2n) is 7.74. The predicted molar refractivity (Wildman–Crippen MR) is 112 cm³/mol. The van der Waals surface area contributed by atoms with Gasteiger partial charge in [0.2, 0.25) is 5.91 Å². The van der Waals surface area contributed by atoms with Crippen LogP contribution in [0, 0.1) is 6.92 Å². The molecule has 0 spiro atoms. The van der Waals surface area contributed by atoms with Gasteiger partial charge in [0, 0.05) is 36.7 Å². The van der Waals surface area contributed by atoms with Crippen LogP contribution in [0.25, 0.3) is 11.3 Å². The van der Waals surface area contributed by atoms with E-state index in [9.17, 15) is 4.79 Å². The van der Waals surface area contributed by atoms with Crippen LogP contribution in [-0.2, 0) is 11.2 Å². The summed E-state index contributed by atoms with van der Waals surface area (Å²) in [5, 5.41) is 7.68. The highest BCUT2D eigenvalue weighted by molar-refractivity contribution is 5.76. The Morgan fingerprint density at radius 2 is 1.93 bits per heavy atom. The number of hydrogen-bond donors (Lipinski definition) is 1. The molecular formula is C24H27N3O. The van der Waals surface area contributed by atoms with Crippen LogP contribution in [0.5, 0.6) is 0 Å². The molecule has 0 saturated carbocycles. The smallest absolute Gasteiger partial charge is 0.222 e. The quantitative estimate of drug-likeness (QED) is 0.679. The minimum Gasteiger partial charge on any atom is -0.342 e. The Kier molecular flexibility index (Phi) is 5.56. The minimum absolute atomic E-state index is 0.275. The molecule has 1 amide bonds. The lowest BCUT2D eigenvalue weighted by molar-refractivity contribution is -0.130. The number of rotatable bonds is 6. The number of aromatic nitrogens is 2. The van der Waals surface area contributed by atoms with Gasteiger partial charge < -0.3 is 4.90 Å². The fourth-order valence-corrected chi connectivity index (χ4v) is 3.91. The van der Waals surface area contributed by atoms with Crippen molar-refractivity contribution in [2.75, 3.05) is 13.1 Å². The van der Waals surface area contributed by atoms with Crippen molar-refractivity contribution in [2.24, 2.45) is 0 Å². The zero-order valence-electron chi connectivity index (χ0n) is 16.4. The summed E-state index contributed by atoms with van der Waals surface area (Å²) < 4.78 is 0. The molecule has 2 heterocycles. The van der Waals surface area contributed by atoms with Gasteiger partial charge in [0.1, 0.15) is 0 Å². The molecule has 1 fully saturated rings. The van der Waals surface area contributed by atoms with E-state index in [0.29, 0.717) is 12.3 Å². The highest BCUT2D eigenvalue weighted by Gasteiger charge is 2.28. The number of nitrogens with zero attached hydrogens (tertiary/aromatic N) is 2. The normalized spacial score (nSPS) is 16.5. The van der Waals surface area contributed by atoms with E-state index in [1.807, 2.05) is 11.0 Å². The van der Waals surface area contributed by atoms with Gasteiger partial charge in [-0.25, -0.2) is 0 Å². The monoisotopic (exact) mass is 373 g/mol. The number of nitrogens with one attached hydrogen (secondary N) is 1. The molecule has 0 bridgehead atoms. The zero-order chi connectivity index (χ0) is 19.3. The van der Waals surface area contributed by atoms with Gasteiger partial charge in [-0.05, 0) is 37.8 Å². The number of amides is 1. The highest BCUT2D eigenvalue weighted by Crippen LogP contribution is 2.29. The summed E-state index contributed by atoms with van der Waals surface area (Å²) in [7, 11) is 0. The standard InChI is InChI=1S/C24H27N3O/c1-18-10-12-20(13-11-18)22-16-23(26-25-22)21-14-15-27(17-21)24(28)9-5-8-19-6-3-2-4-7-19/h2-4,6-7,10-13,16,21H,5,8-9,14-15,17H2,1H3,(H,25,26). The molecule has 0 radical (unpaired) electrons. The third-order valence-corrected chi connectivity index (χ3v) is 5.62. The molecule has 3 aromatic rings. The number of likely N-dealkylation sites (tertiary alicyclic amines) is 1. The SMILES string of the molecule is Cc1ccc(-c2cc(C3CCN(C(=O)CCCc4ccccc4)C3)[nH]n2)cc1. The number of carbonyl (C=O) groups excluding carboxylic acids is 1. The fraction of sp³-hybridized carbons (Fsp3) is 0.333. The maximum atomic E-state index is 12.6. The van der Waals surface area contributed by atoms with Gasteiger partial charge in [-0.2, -0.15) is 5.10 Å². The zero-order valence-corrected chi connectivity index (χ0v) is 16.4. The van der Waals surface area contributed by atoms with Gasteiger partial charge in [-0.1, -0.05) is 60.2 Å². The van der Waals surface area contributed by atoms with Crippen LogP contribution in [0.1, 0.15) is 42.0 Å². The Hall–Kier alpha value is -2.88. The second kappa shape index (κ2) is 8.42. The lowest BCUT2D eigenvalue weighted by Crippen LogP contribution is -2.28. The van der Waals surface area contributed by atoms with Crippen molar-refractivity contribution in [3.05, 3.63) is 77.5 Å². The second-order valence-corrected chi connectivity index (χ2v) is 7.74. The summed E-state index contributed by atoms with van der Waals surface area (Å²) in [4.78, 5) is 14.6. The summed E-state index contributed by atoms with van der Waals surface area (Å²) in [5.41, 5.74) is 5.78. The Labute approximate surface area is 166 Å². The molecule has 1 aromatic heterocycles. The van der Waals surface area contributed by atoms with Gasteiger partial charge in [0.15, 0.2) is 0 Å². The Bertz CT molecular complexity index is 915. The molecule has 144 valence electrons. The summed E-state index contributed by atoms with van der Waals surface area (Å²) in [6.45, 7) is 3.72. The first-order valence-corrected chi connectivity index (χ1v) is 10.1. The molecule has 1 unspecified atom stereocenters. The average Bonchev–Trinajstić information content (AvgIpc) is 3.39. The summed E-state index contributed by atoms with van der Waals surface area (Å²) >= 11 is 0. The lowest BCUT2D eigenvalue weighted by Gasteiger charge is -2.16. The van der Waals surface area contributed by atoms with E-state index in [4.69, 9.17) is 0 Å². The van der Waals surface area contributed by atoms with E-state index in [0.717, 1.165) is 49.3 Å². The van der Waals surface area contributed by atoms with Crippen LogP contribution in [0.2, 0.25) is 0 Å². The van der Waals surface area contributed by atoms with E-state index in [1.54, 1.807) is 0 Å². The maximum Gasteiger partial charge on any atom is 0.222 e. The van der Waals surface area contributed by atoms with Gasteiger partial charge >= 0.3 is 0 Å². The molecule has 2 aromatic carbocycles. The van der Waals surface area contributed by atoms with Crippen LogP contribution < -0.4 is 0 Å². The number of hydrogen-bond acceptors (Lipinski definition) is 2. The highest BCUT2D eigenvalue weighted by atomic mass is 16.2. The van der Waals surface area contributed by atoms with Crippen molar-refractivity contribution in [3.63, 3.8) is 0 Å². The number of aryl methyl sites for hydroxylation is 2. The molecule has 1 aliphatic rings. The summed E-state index contributed by atoms with van der Waals surface area (Å²) in [5.74, 6) is 0.626. The van der Waals surface area contributed by atoms with E-state index in [1.165, 1.54) is 11.1 Å². The first-order chi connectivity index (χ1) is 13.7. The van der Waals surface area contributed by atoms with Crippen molar-refractivity contribution in [3.8, 4) is 11.3 Å². The fourth-order valence-electron chi connectivity index (χ4n) is 3.91. The molecule has 28 heavy (non-hydrogen) atoms. The van der Waals surface area contributed by atoms with E-state index in [-0.39, 0.29) is 5.91 Å². The van der Waals surface area contributed by atoms with Crippen molar-refractivity contribution in [2.45, 2.75) is 38.5 Å². The van der Waals surface area contributed by atoms with Crippen LogP contribution in [0.3, 0.4) is 0 Å². The van der Waals surface area contributed by atoms with Crippen LogP contribution in [0.4, 0.5) is 0 Å². The van der Waals surface area contributed by atoms with Crippen molar-refractivity contribution < 1.29 is 4.79 Å². The van der Waals surface area contributed by atoms with Crippen molar-refractivity contribution >= 4 is 5.91 Å². The van der Waals surface area contributed by atoms with E-state index in [2.05, 4.69) is 71.7 Å². The molecule has 1 aliphatic heterocycles. The molecule has 1 saturated heterocycles. The van der Waals surface area contributed by atoms with Gasteiger partial charge in [-0.3, -0.25) is 9.89 Å². The van der Waals surface area contributed by atoms with Crippen LogP contribution in [-0.4, -0.2) is 34.1 Å². The number of H-pyrrole nitrogens is 1. The Morgan fingerprint density at radius 1 is 1.14 bits per heavy atom. The lowest BCUT2D eigenvalue weighted by atomic mass is 10.0. The average molecular weight is 374 g/mol. The molecule has 4 rings (SSSR count). The first-order valence-electron chi connectivity index (χ1n) is 10.1. The molecule has 4 nitrogen and oxygen atoms in total. The number of carbonyl (C=O) groups is 1. The Morgan fingerprint density at radius 3 is 2.71 bits per heavy atom. The van der Waals surface area contributed by atoms with E-state index >= 15 is 0 Å². The largest absolute Gasteiger partial charge is 0.342 e. The predicted octanol–water partition coefficient (Wildman–Crippen LogP) is 4.72. The maximum absolute atomic E-state index is 12.6. The van der Waals surface area contributed by atoms with Crippen molar-refractivity contribution in [1.29, 1.82) is 0 Å². The summed E-state index contributed by atoms with van der Waals surface area (Å²) in [6.07, 6.45) is 3.50. The van der Waals surface area contributed by atoms with Gasteiger partial charge in [0.05, 0.1) is 5.69 Å². The van der Waals surface area contributed by atoms with E-state index < -0.39 is 0 Å². The molecule has 1 N–H and O–H groups in total. The Balaban J connectivity index is 1.30. The number of aromatic amines is 1. The first kappa shape index (κ1) is 18.5. The van der Waals surface area contributed by atoms with Crippen LogP contribution >= 0.6 is 0 Å². The van der Waals surface area contributed by atoms with Crippen molar-refractivity contribution in [1.82, 2.24) is 15.1 Å². The summed E-state index contributed by atoms with van der Waals surface area (Å²) in [6, 6.07) is 20.9. The minimum atomic E-state index is 0.275. The number of benzene rings is 2. The molecule has 0 aliphatic carbocycles. The molecular weight excluding hydrogens is 346 g/mol. The van der Waals surface area contributed by atoms with Gasteiger partial charge in [-0.15, -0.1) is 0 Å². The molecule has 1 atom stereocenters.